The van der Waals surface area contributed by atoms with Crippen LogP contribution in [0.5, 0.6) is 0 Å². The van der Waals surface area contributed by atoms with E-state index in [1.807, 2.05) is 24.3 Å². The second kappa shape index (κ2) is 9.99. The topological polar surface area (TPSA) is 99.1 Å². The zero-order chi connectivity index (χ0) is 24.2. The Kier molecular flexibility index (Phi) is 6.46. The maximum Gasteiger partial charge on any atom is 0.333 e. The van der Waals surface area contributed by atoms with Crippen molar-refractivity contribution in [3.8, 4) is 11.8 Å². The summed E-state index contributed by atoms with van der Waals surface area (Å²) in [4.78, 5) is 30.2. The van der Waals surface area contributed by atoms with Crippen LogP contribution in [0.1, 0.15) is 18.4 Å². The average Bonchev–Trinajstić information content (AvgIpc) is 3.52. The van der Waals surface area contributed by atoms with Crippen molar-refractivity contribution in [3.05, 3.63) is 86.4 Å². The van der Waals surface area contributed by atoms with E-state index in [1.54, 1.807) is 40.1 Å². The Morgan fingerprint density at radius 2 is 1.97 bits per heavy atom. The van der Waals surface area contributed by atoms with E-state index in [2.05, 4.69) is 32.5 Å². The molecule has 0 unspecified atom stereocenters. The van der Waals surface area contributed by atoms with E-state index in [-0.39, 0.29) is 6.54 Å². The SMILES string of the molecule is O=c1cc(N/N=C/c2ccnc3ccc(Cl)cc23)n(CC2CC2)c(=O)n1CC#CCn1cccn1. The minimum absolute atomic E-state index is 0.0108. The molecule has 1 fully saturated rings. The van der Waals surface area contributed by atoms with Gasteiger partial charge in [-0.25, -0.2) is 9.36 Å². The number of rotatable bonds is 7. The smallest absolute Gasteiger partial charge is 0.278 e. The molecule has 0 aliphatic heterocycles. The molecule has 1 aromatic carbocycles. The number of nitrogens with zero attached hydrogens (tertiary/aromatic N) is 6. The van der Waals surface area contributed by atoms with Crippen LogP contribution in [0.3, 0.4) is 0 Å². The second-order valence-corrected chi connectivity index (χ2v) is 8.72. The number of hydrazone groups is 1. The van der Waals surface area contributed by atoms with Crippen molar-refractivity contribution in [2.24, 2.45) is 11.0 Å². The van der Waals surface area contributed by atoms with Gasteiger partial charge in [-0.05, 0) is 49.1 Å². The third-order valence-corrected chi connectivity index (χ3v) is 5.93. The van der Waals surface area contributed by atoms with Crippen molar-refractivity contribution in [1.82, 2.24) is 23.9 Å². The first-order valence-corrected chi connectivity index (χ1v) is 11.6. The molecule has 0 saturated heterocycles. The van der Waals surface area contributed by atoms with E-state index in [0.29, 0.717) is 29.8 Å². The number of fused-ring (bicyclic) bond motifs is 1. The van der Waals surface area contributed by atoms with E-state index in [0.717, 1.165) is 33.9 Å². The maximum atomic E-state index is 13.2. The van der Waals surface area contributed by atoms with Crippen molar-refractivity contribution < 1.29 is 0 Å². The molecule has 4 aromatic rings. The molecule has 1 N–H and O–H groups in total. The number of pyridine rings is 1. The second-order valence-electron chi connectivity index (χ2n) is 8.28. The van der Waals surface area contributed by atoms with Crippen LogP contribution in [0.15, 0.2) is 69.7 Å². The van der Waals surface area contributed by atoms with Crippen LogP contribution in [0.4, 0.5) is 5.82 Å². The molecule has 1 aliphatic carbocycles. The molecule has 176 valence electrons. The summed E-state index contributed by atoms with van der Waals surface area (Å²) >= 11 is 6.14. The van der Waals surface area contributed by atoms with Gasteiger partial charge in [0.15, 0.2) is 0 Å². The average molecular weight is 488 g/mol. The lowest BCUT2D eigenvalue weighted by molar-refractivity contribution is 0.555. The molecule has 1 aliphatic rings. The minimum atomic E-state index is -0.436. The van der Waals surface area contributed by atoms with Crippen molar-refractivity contribution in [2.75, 3.05) is 5.43 Å². The number of aromatic nitrogens is 5. The molecule has 0 spiro atoms. The predicted octanol–water partition coefficient (Wildman–Crippen LogP) is 2.97. The van der Waals surface area contributed by atoms with Crippen LogP contribution in [0, 0.1) is 17.8 Å². The van der Waals surface area contributed by atoms with Crippen LogP contribution >= 0.6 is 11.6 Å². The summed E-state index contributed by atoms with van der Waals surface area (Å²) in [6.45, 7) is 0.920. The van der Waals surface area contributed by atoms with Gasteiger partial charge < -0.3 is 0 Å². The first-order chi connectivity index (χ1) is 17.1. The van der Waals surface area contributed by atoms with Gasteiger partial charge >= 0.3 is 5.69 Å². The number of benzene rings is 1. The molecular weight excluding hydrogens is 466 g/mol. The molecule has 1 saturated carbocycles. The van der Waals surface area contributed by atoms with Gasteiger partial charge in [0.25, 0.3) is 5.56 Å². The lowest BCUT2D eigenvalue weighted by Gasteiger charge is -2.13. The molecular formula is C25H22ClN7O2. The normalized spacial score (nSPS) is 13.2. The summed E-state index contributed by atoms with van der Waals surface area (Å²) in [5, 5.41) is 9.84. The Hall–Kier alpha value is -4.16. The standard InChI is InChI=1S/C25H22ClN7O2/c26-20-6-7-22-21(14-20)19(8-10-27-22)16-28-30-23-15-24(34)32(25(35)33(23)17-18-4-5-18)13-2-1-11-31-12-3-9-29-31/h3,6-10,12,14-16,18,30H,4-5,11,13,17H2/b28-16+. The summed E-state index contributed by atoms with van der Waals surface area (Å²) < 4.78 is 4.38. The van der Waals surface area contributed by atoms with Gasteiger partial charge in [0, 0.05) is 47.2 Å². The molecule has 9 nitrogen and oxygen atoms in total. The Morgan fingerprint density at radius 1 is 1.11 bits per heavy atom. The van der Waals surface area contributed by atoms with Gasteiger partial charge in [-0.3, -0.25) is 24.5 Å². The first kappa shape index (κ1) is 22.6. The molecule has 3 heterocycles. The molecule has 10 heteroatoms. The zero-order valence-corrected chi connectivity index (χ0v) is 19.5. The number of nitrogens with one attached hydrogen (secondary N) is 1. The quantitative estimate of drug-likeness (QED) is 0.245. The molecule has 0 atom stereocenters. The van der Waals surface area contributed by atoms with Gasteiger partial charge in [0.05, 0.1) is 18.3 Å². The van der Waals surface area contributed by atoms with Crippen molar-refractivity contribution in [3.63, 3.8) is 0 Å². The Bertz CT molecular complexity index is 1570. The Balaban J connectivity index is 1.40. The zero-order valence-electron chi connectivity index (χ0n) is 18.8. The fourth-order valence-electron chi connectivity index (χ4n) is 3.68. The lowest BCUT2D eigenvalue weighted by Crippen LogP contribution is -2.40. The van der Waals surface area contributed by atoms with Crippen LogP contribution in [-0.2, 0) is 19.6 Å². The van der Waals surface area contributed by atoms with Crippen molar-refractivity contribution >= 4 is 34.5 Å². The summed E-state index contributed by atoms with van der Waals surface area (Å²) in [5.41, 5.74) is 3.64. The fourth-order valence-corrected chi connectivity index (χ4v) is 3.85. The molecule has 5 rings (SSSR count). The maximum absolute atomic E-state index is 13.2. The summed E-state index contributed by atoms with van der Waals surface area (Å²) in [5.74, 6) is 6.60. The molecule has 0 radical (unpaired) electrons. The molecule has 3 aromatic heterocycles. The highest BCUT2D eigenvalue weighted by atomic mass is 35.5. The third kappa shape index (κ3) is 5.34. The number of halogens is 1. The third-order valence-electron chi connectivity index (χ3n) is 5.70. The minimum Gasteiger partial charge on any atom is -0.278 e. The van der Waals surface area contributed by atoms with Gasteiger partial charge in [-0.15, -0.1) is 0 Å². The van der Waals surface area contributed by atoms with E-state index < -0.39 is 11.2 Å². The monoisotopic (exact) mass is 487 g/mol. The van der Waals surface area contributed by atoms with Crippen LogP contribution in [-0.4, -0.2) is 30.1 Å². The summed E-state index contributed by atoms with van der Waals surface area (Å²) in [7, 11) is 0. The molecule has 0 amide bonds. The highest BCUT2D eigenvalue weighted by Gasteiger charge is 2.24. The van der Waals surface area contributed by atoms with Crippen molar-refractivity contribution in [2.45, 2.75) is 32.5 Å². The fraction of sp³-hybridized carbons (Fsp3) is 0.240. The Labute approximate surface area is 205 Å². The van der Waals surface area contributed by atoms with E-state index in [9.17, 15) is 9.59 Å². The van der Waals surface area contributed by atoms with E-state index in [4.69, 9.17) is 11.6 Å². The Morgan fingerprint density at radius 3 is 2.77 bits per heavy atom. The van der Waals surface area contributed by atoms with E-state index >= 15 is 0 Å². The van der Waals surface area contributed by atoms with Gasteiger partial charge in [0.2, 0.25) is 0 Å². The van der Waals surface area contributed by atoms with Crippen molar-refractivity contribution in [1.29, 1.82) is 0 Å². The molecule has 0 bridgehead atoms. The first-order valence-electron chi connectivity index (χ1n) is 11.2. The van der Waals surface area contributed by atoms with Gasteiger partial charge in [0.1, 0.15) is 12.4 Å². The number of anilines is 1. The highest BCUT2D eigenvalue weighted by Crippen LogP contribution is 2.30. The predicted molar refractivity (Wildman–Crippen MR) is 136 cm³/mol. The number of hydrogen-bond donors (Lipinski definition) is 1. The van der Waals surface area contributed by atoms with Crippen LogP contribution in [0.2, 0.25) is 5.02 Å². The number of hydrogen-bond acceptors (Lipinski definition) is 6. The lowest BCUT2D eigenvalue weighted by atomic mass is 10.1. The molecule has 35 heavy (non-hydrogen) atoms. The largest absolute Gasteiger partial charge is 0.333 e. The summed E-state index contributed by atoms with van der Waals surface area (Å²) in [6.07, 6.45) is 8.90. The summed E-state index contributed by atoms with van der Waals surface area (Å²) in [6, 6.07) is 10.5. The van der Waals surface area contributed by atoms with E-state index in [1.165, 1.54) is 6.07 Å². The van der Waals surface area contributed by atoms with Crippen LogP contribution < -0.4 is 16.7 Å². The van der Waals surface area contributed by atoms with Crippen LogP contribution in [0.25, 0.3) is 10.9 Å². The van der Waals surface area contributed by atoms with Gasteiger partial charge in [-0.2, -0.15) is 10.2 Å². The highest BCUT2D eigenvalue weighted by molar-refractivity contribution is 6.31. The van der Waals surface area contributed by atoms with Gasteiger partial charge in [-0.1, -0.05) is 23.4 Å².